The van der Waals surface area contributed by atoms with Crippen molar-refractivity contribution in [2.24, 2.45) is 0 Å². The summed E-state index contributed by atoms with van der Waals surface area (Å²) in [5.41, 5.74) is 0. The molecule has 6 nitrogen and oxygen atoms in total. The second kappa shape index (κ2) is 17.6. The Labute approximate surface area is 289 Å². The van der Waals surface area contributed by atoms with Gasteiger partial charge in [0.05, 0.1) is 14.1 Å². The van der Waals surface area contributed by atoms with Crippen LogP contribution in [-0.4, -0.2) is 7.52 Å². The van der Waals surface area contributed by atoms with Crippen molar-refractivity contribution in [1.29, 1.82) is 10.3 Å². The van der Waals surface area contributed by atoms with E-state index in [9.17, 15) is 10.3 Å². The number of hydrogen-bond acceptors (Lipinski definition) is 4. The van der Waals surface area contributed by atoms with Crippen LogP contribution >= 0.6 is 14.1 Å². The van der Waals surface area contributed by atoms with Crippen molar-refractivity contribution in [3.05, 3.63) is 182 Å². The van der Waals surface area contributed by atoms with E-state index in [4.69, 9.17) is 14.3 Å². The van der Waals surface area contributed by atoms with E-state index in [-0.39, 0.29) is 22.4 Å². The summed E-state index contributed by atoms with van der Waals surface area (Å²) in [7, 11) is -4.55. The summed E-state index contributed by atoms with van der Waals surface area (Å²) in [5.74, 6) is 0. The Morgan fingerprint density at radius 2 is 0.457 bits per heavy atom. The Hall–Kier alpha value is -3.27. The molecule has 0 atom stereocenters. The topological polar surface area (TPSA) is 122 Å². The summed E-state index contributed by atoms with van der Waals surface area (Å²) < 4.78 is 32.1. The van der Waals surface area contributed by atoms with Gasteiger partial charge >= 0.3 is 31.1 Å². The van der Waals surface area contributed by atoms with Gasteiger partial charge in [0.25, 0.3) is 0 Å². The molecule has 0 aromatic heterocycles. The predicted octanol–water partition coefficient (Wildman–Crippen LogP) is 6.13. The minimum absolute atomic E-state index is 0. The van der Waals surface area contributed by atoms with Crippen LogP contribution in [0.1, 0.15) is 0 Å². The van der Waals surface area contributed by atoms with E-state index < -0.39 is 30.9 Å². The first-order valence-corrected chi connectivity index (χ1v) is 22.5. The molecule has 4 N–H and O–H groups in total. The van der Waals surface area contributed by atoms with Crippen molar-refractivity contribution in [2.45, 2.75) is 0 Å². The summed E-state index contributed by atoms with van der Waals surface area (Å²) in [5, 5.41) is 25.1. The van der Waals surface area contributed by atoms with Crippen molar-refractivity contribution in [2.75, 3.05) is 0 Å². The van der Waals surface area contributed by atoms with Crippen LogP contribution in [0.4, 0.5) is 0 Å². The summed E-state index contributed by atoms with van der Waals surface area (Å²) in [6, 6.07) is 61.1. The van der Waals surface area contributed by atoms with Gasteiger partial charge in [-0.25, -0.2) is 0 Å². The van der Waals surface area contributed by atoms with Crippen LogP contribution in [-0.2, 0) is 45.9 Å². The van der Waals surface area contributed by atoms with E-state index in [1.165, 1.54) is 0 Å². The normalized spacial score (nSPS) is 11.0. The van der Waals surface area contributed by atoms with Crippen LogP contribution in [0.3, 0.4) is 0 Å². The van der Waals surface area contributed by atoms with Crippen LogP contribution in [0.5, 0.6) is 0 Å². The molecule has 0 amide bonds. The first kappa shape index (κ1) is 37.2. The Morgan fingerprint density at radius 1 is 0.348 bits per heavy atom. The van der Waals surface area contributed by atoms with Gasteiger partial charge in [-0.05, 0) is 31.8 Å². The second-order valence-corrected chi connectivity index (χ2v) is 18.8. The van der Waals surface area contributed by atoms with E-state index in [0.717, 1.165) is 31.8 Å². The van der Waals surface area contributed by atoms with Crippen molar-refractivity contribution in [3.8, 4) is 0 Å². The third kappa shape index (κ3) is 9.86. The Morgan fingerprint density at radius 3 is 0.565 bits per heavy atom. The van der Waals surface area contributed by atoms with Crippen LogP contribution in [0.2, 0.25) is 0 Å². The van der Waals surface area contributed by atoms with E-state index in [0.29, 0.717) is 0 Å². The van der Waals surface area contributed by atoms with Crippen molar-refractivity contribution < 1.29 is 53.4 Å². The maximum atomic E-state index is 9.25. The second-order valence-electron chi connectivity index (χ2n) is 9.80. The molecule has 6 aromatic rings. The number of rotatable bonds is 6. The van der Waals surface area contributed by atoms with E-state index >= 15 is 0 Å². The summed E-state index contributed by atoms with van der Waals surface area (Å²) in [4.78, 5) is 0. The van der Waals surface area contributed by atoms with E-state index in [1.54, 1.807) is 0 Å². The molecular formula is C36H34AgN2O4P2W. The van der Waals surface area contributed by atoms with E-state index in [1.807, 2.05) is 109 Å². The maximum absolute atomic E-state index is 9.25. The molecule has 0 saturated carbocycles. The Kier molecular flexibility index (Phi) is 14.2. The van der Waals surface area contributed by atoms with Gasteiger partial charge in [-0.1, -0.05) is 182 Å². The van der Waals surface area contributed by atoms with Gasteiger partial charge < -0.3 is 10.3 Å². The molecule has 0 unspecified atom stereocenters. The Bertz CT molecular complexity index is 1620. The van der Waals surface area contributed by atoms with Gasteiger partial charge in [0.2, 0.25) is 0 Å². The standard InChI is InChI=1S/2C18H16NP.Ag.2H2O.2O.W/c2*19-20(16-10-4-1-5-11-16,17-12-6-2-7-13-17)18-14-8-3-9-15-18;;;;;;/h2*1-15,19H;;2*1H2;;;/q;;;;;;;+2/p-2. The average Bonchev–Trinajstić information content (AvgIpc) is 3.09. The van der Waals surface area contributed by atoms with Crippen molar-refractivity contribution in [3.63, 3.8) is 0 Å². The van der Waals surface area contributed by atoms with Gasteiger partial charge in [-0.15, -0.1) is 0 Å². The van der Waals surface area contributed by atoms with Crippen LogP contribution in [0, 0.1) is 10.3 Å². The van der Waals surface area contributed by atoms with E-state index in [2.05, 4.69) is 72.8 Å². The fraction of sp³-hybridized carbons (Fsp3) is 0. The number of benzene rings is 6. The third-order valence-electron chi connectivity index (χ3n) is 6.86. The number of nitrogens with one attached hydrogen (secondary N) is 2. The van der Waals surface area contributed by atoms with Crippen molar-refractivity contribution in [1.82, 2.24) is 0 Å². The van der Waals surface area contributed by atoms with Gasteiger partial charge in [0, 0.05) is 22.4 Å². The first-order chi connectivity index (χ1) is 21.6. The zero-order valence-corrected chi connectivity index (χ0v) is 30.8. The predicted molar refractivity (Wildman–Crippen MR) is 182 cm³/mol. The minimum atomic E-state index is -5.67. The molecule has 10 heteroatoms. The molecule has 0 aliphatic rings. The van der Waals surface area contributed by atoms with Crippen LogP contribution in [0.15, 0.2) is 182 Å². The van der Waals surface area contributed by atoms with Crippen molar-refractivity contribution >= 4 is 45.9 Å². The molecule has 0 spiro atoms. The monoisotopic (exact) mass is 911 g/mol. The first-order valence-electron chi connectivity index (χ1n) is 14.0. The molecule has 6 rings (SSSR count). The molecule has 1 radical (unpaired) electrons. The quantitative estimate of drug-likeness (QED) is 0.119. The molecule has 6 aromatic carbocycles. The molecule has 0 saturated heterocycles. The molecule has 0 fully saturated rings. The third-order valence-corrected chi connectivity index (χ3v) is 13.3. The zero-order chi connectivity index (χ0) is 32.2. The van der Waals surface area contributed by atoms with Crippen LogP contribution < -0.4 is 31.8 Å². The van der Waals surface area contributed by atoms with Gasteiger partial charge in [0.1, 0.15) is 0 Å². The van der Waals surface area contributed by atoms with Gasteiger partial charge in [0.15, 0.2) is 0 Å². The zero-order valence-electron chi connectivity index (χ0n) is 24.6. The van der Waals surface area contributed by atoms with Crippen LogP contribution in [0.25, 0.3) is 0 Å². The fourth-order valence-corrected chi connectivity index (χ4v) is 10.3. The summed E-state index contributed by atoms with van der Waals surface area (Å²) in [6.07, 6.45) is 0. The Balaban J connectivity index is 0.000000215. The van der Waals surface area contributed by atoms with Gasteiger partial charge in [-0.2, -0.15) is 0 Å². The number of hydrogen-bond donors (Lipinski definition) is 4. The fourth-order valence-electron chi connectivity index (χ4n) is 4.80. The SMILES string of the molecule is N=P(c1ccccc1)(c1ccccc1)c1ccccc1.N=P(c1ccccc1)(c1ccccc1)c1ccccc1.[Ag].[O]=[W](=[O])([OH])[OH]. The molecule has 0 heterocycles. The summed E-state index contributed by atoms with van der Waals surface area (Å²) in [6.45, 7) is 0. The molecule has 0 aliphatic carbocycles. The molecule has 46 heavy (non-hydrogen) atoms. The van der Waals surface area contributed by atoms with Gasteiger partial charge in [-0.3, -0.25) is 0 Å². The molecular weight excluding hydrogens is 878 g/mol. The molecule has 239 valence electrons. The average molecular weight is 912 g/mol. The molecule has 0 aliphatic heterocycles. The molecule has 0 bridgehead atoms. The summed E-state index contributed by atoms with van der Waals surface area (Å²) >= 11 is -5.67.